The average molecular weight is 331 g/mol. The fraction of sp³-hybridized carbons (Fsp3) is 0.778. The highest BCUT2D eigenvalue weighted by atomic mass is 19.4. The summed E-state index contributed by atoms with van der Waals surface area (Å²) >= 11 is 0. The van der Waals surface area contributed by atoms with Crippen LogP contribution >= 0.6 is 0 Å². The van der Waals surface area contributed by atoms with Gasteiger partial charge in [0.15, 0.2) is 0 Å². The first-order chi connectivity index (χ1) is 9.28. The number of hydrogen-bond donors (Lipinski definition) is 2. The van der Waals surface area contributed by atoms with Crippen LogP contribution in [0, 0.1) is 0 Å². The van der Waals surface area contributed by atoms with Crippen LogP contribution < -0.4 is 0 Å². The third kappa shape index (κ3) is 14.6. The third-order valence-corrected chi connectivity index (χ3v) is 1.79. The molecule has 1 heterocycles. The van der Waals surface area contributed by atoms with Gasteiger partial charge in [0.1, 0.15) is 0 Å². The van der Waals surface area contributed by atoms with Crippen LogP contribution in [-0.2, 0) is 9.59 Å². The number of carboxylic acid groups (broad SMARTS) is 2. The molecule has 1 aliphatic rings. The van der Waals surface area contributed by atoms with Crippen molar-refractivity contribution in [3.8, 4) is 0 Å². The second-order valence-corrected chi connectivity index (χ2v) is 3.58. The van der Waals surface area contributed by atoms with E-state index in [0.717, 1.165) is 18.0 Å². The number of nitrogens with zero attached hydrogens (tertiary/aromatic N) is 1. The summed E-state index contributed by atoms with van der Waals surface area (Å²) in [5, 5.41) is 15.1. The number of rotatable bonds is 0. The van der Waals surface area contributed by atoms with Crippen LogP contribution in [-0.4, -0.2) is 52.7 Å². The Balaban J connectivity index is 0. The Morgan fingerprint density at radius 3 is 1.10 bits per heavy atom. The van der Waals surface area contributed by atoms with Crippen LogP contribution in [0.2, 0.25) is 0 Å². The highest BCUT2D eigenvalue weighted by molar-refractivity contribution is 5.73. The molecule has 1 fully saturated rings. The van der Waals surface area contributed by atoms with Gasteiger partial charge in [-0.2, -0.15) is 26.3 Å². The van der Waals surface area contributed by atoms with E-state index in [1.807, 2.05) is 0 Å². The van der Waals surface area contributed by atoms with Gasteiger partial charge < -0.3 is 10.2 Å². The van der Waals surface area contributed by atoms with Crippen LogP contribution in [0.1, 0.15) is 19.3 Å². The molecule has 0 bridgehead atoms. The van der Waals surface area contributed by atoms with Crippen molar-refractivity contribution in [1.82, 2.24) is 5.12 Å². The minimum absolute atomic E-state index is 0.653. The Labute approximate surface area is 113 Å². The molecular weight excluding hydrogens is 319 g/mol. The summed E-state index contributed by atoms with van der Waals surface area (Å²) in [5.74, 6) is -5.51. The van der Waals surface area contributed by atoms with Crippen LogP contribution in [0.25, 0.3) is 0 Å². The van der Waals surface area contributed by atoms with E-state index in [2.05, 4.69) is 0 Å². The molecule has 0 aromatic heterocycles. The van der Waals surface area contributed by atoms with Gasteiger partial charge in [0.05, 0.1) is 0 Å². The first-order valence-electron chi connectivity index (χ1n) is 5.29. The number of aliphatic carboxylic acids is 2. The summed E-state index contributed by atoms with van der Waals surface area (Å²) < 4.78 is 75.5. The molecule has 0 aromatic carbocycles. The second-order valence-electron chi connectivity index (χ2n) is 3.58. The maximum Gasteiger partial charge on any atom is 0.490 e. The minimum atomic E-state index is -5.08. The zero-order chi connectivity index (χ0) is 17.3. The van der Waals surface area contributed by atoms with E-state index >= 15 is 0 Å². The summed E-state index contributed by atoms with van der Waals surface area (Å²) in [6.07, 6.45) is -6.88. The van der Waals surface area contributed by atoms with Crippen LogP contribution in [0.3, 0.4) is 0 Å². The molecule has 0 aromatic rings. The molecule has 1 saturated heterocycles. The number of piperidine rings is 1. The Kier molecular flexibility index (Phi) is 9.68. The predicted molar refractivity (Wildman–Crippen MR) is 53.9 cm³/mol. The third-order valence-electron chi connectivity index (χ3n) is 1.79. The van der Waals surface area contributed by atoms with Crippen molar-refractivity contribution in [3.05, 3.63) is 0 Å². The molecule has 0 aliphatic carbocycles. The molecule has 1 aliphatic heterocycles. The molecule has 0 radical (unpaired) electrons. The average Bonchev–Trinajstić information content (AvgIpc) is 2.28. The van der Waals surface area contributed by atoms with E-state index in [1.165, 1.54) is 6.42 Å². The Morgan fingerprint density at radius 2 is 1.00 bits per heavy atom. The normalized spacial score (nSPS) is 16.0. The fourth-order valence-electron chi connectivity index (χ4n) is 0.855. The minimum Gasteiger partial charge on any atom is -0.475 e. The Hall–Kier alpha value is -1.59. The molecule has 2 N–H and O–H groups in total. The van der Waals surface area contributed by atoms with Crippen molar-refractivity contribution >= 4 is 11.9 Å². The van der Waals surface area contributed by atoms with Crippen molar-refractivity contribution in [3.63, 3.8) is 0 Å². The van der Waals surface area contributed by atoms with Crippen molar-refractivity contribution in [1.29, 1.82) is 0 Å². The van der Waals surface area contributed by atoms with Gasteiger partial charge in [-0.05, 0) is 12.8 Å². The highest BCUT2D eigenvalue weighted by Crippen LogP contribution is 2.13. The van der Waals surface area contributed by atoms with Gasteiger partial charge in [-0.25, -0.2) is 9.59 Å². The predicted octanol–water partition coefficient (Wildman–Crippen LogP) is 2.62. The van der Waals surface area contributed by atoms with Crippen molar-refractivity contribution in [2.24, 2.45) is 0 Å². The van der Waals surface area contributed by atoms with E-state index in [-0.39, 0.29) is 0 Å². The molecule has 0 unspecified atom stereocenters. The lowest BCUT2D eigenvalue weighted by Gasteiger charge is -2.15. The monoisotopic (exact) mass is 331 g/mol. The van der Waals surface area contributed by atoms with Crippen LogP contribution in [0.15, 0.2) is 0 Å². The van der Waals surface area contributed by atoms with Gasteiger partial charge in [-0.15, -0.1) is 9.60 Å². The standard InChI is InChI=1S/C5H10FN.2C2HF3O2/c6-7-4-2-1-3-5-7;2*3-2(4,5)1(6)7/h1-5H2;2*(H,6,7). The molecule has 1 rings (SSSR count). The van der Waals surface area contributed by atoms with Crippen molar-refractivity contribution < 1.29 is 50.6 Å². The van der Waals surface area contributed by atoms with Gasteiger partial charge >= 0.3 is 24.3 Å². The van der Waals surface area contributed by atoms with E-state index in [0.29, 0.717) is 13.1 Å². The molecule has 21 heavy (non-hydrogen) atoms. The van der Waals surface area contributed by atoms with Crippen molar-refractivity contribution in [2.45, 2.75) is 31.6 Å². The largest absolute Gasteiger partial charge is 0.490 e. The fourth-order valence-corrected chi connectivity index (χ4v) is 0.855. The number of alkyl halides is 6. The molecule has 126 valence electrons. The summed E-state index contributed by atoms with van der Waals surface area (Å²) in [6.45, 7) is 1.31. The number of hydrogen-bond acceptors (Lipinski definition) is 3. The maximum atomic E-state index is 12.0. The summed E-state index contributed by atoms with van der Waals surface area (Å²) in [4.78, 5) is 17.8. The molecule has 0 atom stereocenters. The van der Waals surface area contributed by atoms with Gasteiger partial charge in [0, 0.05) is 13.1 Å². The zero-order valence-electron chi connectivity index (χ0n) is 10.3. The first kappa shape index (κ1) is 21.7. The molecular formula is C9H12F7NO4. The zero-order valence-corrected chi connectivity index (χ0v) is 10.3. The van der Waals surface area contributed by atoms with Gasteiger partial charge in [0.25, 0.3) is 0 Å². The summed E-state index contributed by atoms with van der Waals surface area (Å²) in [7, 11) is 0. The van der Waals surface area contributed by atoms with E-state index in [9.17, 15) is 30.8 Å². The highest BCUT2D eigenvalue weighted by Gasteiger charge is 2.38. The van der Waals surface area contributed by atoms with E-state index < -0.39 is 24.3 Å². The van der Waals surface area contributed by atoms with E-state index in [4.69, 9.17) is 19.8 Å². The lowest BCUT2D eigenvalue weighted by Crippen LogP contribution is -2.21. The number of carboxylic acids is 2. The molecule has 0 amide bonds. The summed E-state index contributed by atoms with van der Waals surface area (Å²) in [5.41, 5.74) is 0. The van der Waals surface area contributed by atoms with E-state index in [1.54, 1.807) is 0 Å². The smallest absolute Gasteiger partial charge is 0.475 e. The Morgan fingerprint density at radius 1 is 0.762 bits per heavy atom. The summed E-state index contributed by atoms with van der Waals surface area (Å²) in [6, 6.07) is 0. The van der Waals surface area contributed by atoms with Crippen LogP contribution in [0.4, 0.5) is 30.8 Å². The number of halogens is 7. The first-order valence-corrected chi connectivity index (χ1v) is 5.29. The van der Waals surface area contributed by atoms with Gasteiger partial charge in [-0.3, -0.25) is 0 Å². The number of carbonyl (C=O) groups is 2. The van der Waals surface area contributed by atoms with Gasteiger partial charge in [0.2, 0.25) is 0 Å². The lowest BCUT2D eigenvalue weighted by molar-refractivity contribution is -0.193. The molecule has 0 saturated carbocycles. The second kappa shape index (κ2) is 9.37. The maximum absolute atomic E-state index is 12.0. The van der Waals surface area contributed by atoms with Crippen LogP contribution in [0.5, 0.6) is 0 Å². The SMILES string of the molecule is FN1CCCCC1.O=C(O)C(F)(F)F.O=C(O)C(F)(F)F. The molecule has 12 heteroatoms. The molecule has 0 spiro atoms. The quantitative estimate of drug-likeness (QED) is 0.527. The topological polar surface area (TPSA) is 77.8 Å². The van der Waals surface area contributed by atoms with Crippen molar-refractivity contribution in [2.75, 3.05) is 13.1 Å². The van der Waals surface area contributed by atoms with Gasteiger partial charge in [-0.1, -0.05) is 6.42 Å². The lowest BCUT2D eigenvalue weighted by atomic mass is 10.2. The molecule has 5 nitrogen and oxygen atoms in total. The Bertz CT molecular complexity index is 299.